The summed E-state index contributed by atoms with van der Waals surface area (Å²) in [6.07, 6.45) is -3.61. The van der Waals surface area contributed by atoms with E-state index in [1.807, 2.05) is 0 Å². The van der Waals surface area contributed by atoms with Crippen molar-refractivity contribution in [2.24, 2.45) is 5.92 Å². The minimum absolute atomic E-state index is 0.0272. The number of sulfonamides is 2. The minimum atomic E-state index is -4.62. The summed E-state index contributed by atoms with van der Waals surface area (Å²) in [6, 6.07) is 12.1. The van der Waals surface area contributed by atoms with Gasteiger partial charge >= 0.3 is 6.18 Å². The van der Waals surface area contributed by atoms with E-state index in [-0.39, 0.29) is 21.3 Å². The molecule has 0 bridgehead atoms. The predicted octanol–water partition coefficient (Wildman–Crippen LogP) is 4.61. The summed E-state index contributed by atoms with van der Waals surface area (Å²) in [7, 11) is -7.87. The molecule has 8 nitrogen and oxygen atoms in total. The normalized spacial score (nSPS) is 17.3. The third kappa shape index (κ3) is 6.32. The zero-order chi connectivity index (χ0) is 26.8. The van der Waals surface area contributed by atoms with Crippen LogP contribution in [0.3, 0.4) is 0 Å². The summed E-state index contributed by atoms with van der Waals surface area (Å²) in [5, 5.41) is 4.34. The number of amides is 1. The van der Waals surface area contributed by atoms with Crippen LogP contribution in [0, 0.1) is 5.92 Å². The lowest BCUT2D eigenvalue weighted by molar-refractivity contribution is -0.137. The van der Waals surface area contributed by atoms with Crippen LogP contribution in [-0.4, -0.2) is 40.1 Å². The highest BCUT2D eigenvalue weighted by Crippen LogP contribution is 2.31. The molecule has 2 N–H and O–H groups in total. The smallest absolute Gasteiger partial charge is 0.326 e. The van der Waals surface area contributed by atoms with Gasteiger partial charge in [-0.3, -0.25) is 9.52 Å². The van der Waals surface area contributed by atoms with Gasteiger partial charge in [0.25, 0.3) is 20.0 Å². The first-order valence-electron chi connectivity index (χ1n) is 11.0. The monoisotopic (exact) mass is 573 g/mol. The molecule has 2 aromatic carbocycles. The fourth-order valence-corrected chi connectivity index (χ4v) is 7.56. The van der Waals surface area contributed by atoms with Gasteiger partial charge in [-0.1, -0.05) is 12.1 Å². The van der Waals surface area contributed by atoms with Crippen molar-refractivity contribution in [2.75, 3.05) is 23.1 Å². The van der Waals surface area contributed by atoms with Crippen LogP contribution in [0.2, 0.25) is 0 Å². The van der Waals surface area contributed by atoms with E-state index < -0.39 is 43.6 Å². The highest BCUT2D eigenvalue weighted by Gasteiger charge is 2.34. The zero-order valence-electron chi connectivity index (χ0n) is 19.1. The first-order chi connectivity index (χ1) is 17.4. The van der Waals surface area contributed by atoms with Crippen molar-refractivity contribution in [3.05, 3.63) is 71.6 Å². The first-order valence-corrected chi connectivity index (χ1v) is 14.8. The van der Waals surface area contributed by atoms with Crippen LogP contribution in [0.5, 0.6) is 0 Å². The number of alkyl halides is 3. The largest absolute Gasteiger partial charge is 0.416 e. The number of hydrogen-bond donors (Lipinski definition) is 2. The van der Waals surface area contributed by atoms with E-state index in [0.717, 1.165) is 23.5 Å². The van der Waals surface area contributed by atoms with Gasteiger partial charge in [-0.2, -0.15) is 17.5 Å². The fraction of sp³-hybridized carbons (Fsp3) is 0.261. The topological polar surface area (TPSA) is 113 Å². The molecule has 1 aliphatic heterocycles. The molecule has 1 saturated heterocycles. The van der Waals surface area contributed by atoms with E-state index in [0.29, 0.717) is 31.1 Å². The summed E-state index contributed by atoms with van der Waals surface area (Å²) in [4.78, 5) is 12.6. The molecule has 198 valence electrons. The second-order valence-corrected chi connectivity index (χ2v) is 13.1. The van der Waals surface area contributed by atoms with Crippen molar-refractivity contribution in [1.29, 1.82) is 0 Å². The van der Waals surface area contributed by atoms with E-state index in [1.165, 1.54) is 40.7 Å². The van der Waals surface area contributed by atoms with Gasteiger partial charge in [0.2, 0.25) is 5.91 Å². The molecule has 0 unspecified atom stereocenters. The highest BCUT2D eigenvalue weighted by atomic mass is 32.2. The standard InChI is InChI=1S/C23H22F3N3O5S3/c24-23(25,26)17-5-1-6-19(14-17)28-36(31,32)20-10-8-18(9-11-20)27-22(30)16-4-2-12-29(15-16)37(33,34)21-7-3-13-35-21/h1,3,5-11,13-14,16,28H,2,4,12,15H2,(H,27,30)/t16-/m0/s1. The van der Waals surface area contributed by atoms with Crippen LogP contribution in [0.15, 0.2) is 75.1 Å². The fourth-order valence-electron chi connectivity index (χ4n) is 3.85. The number of hydrogen-bond acceptors (Lipinski definition) is 6. The Balaban J connectivity index is 1.41. The van der Waals surface area contributed by atoms with Crippen molar-refractivity contribution < 1.29 is 34.8 Å². The Labute approximate surface area is 216 Å². The minimum Gasteiger partial charge on any atom is -0.326 e. The molecule has 37 heavy (non-hydrogen) atoms. The molecule has 2 heterocycles. The van der Waals surface area contributed by atoms with Crippen LogP contribution in [0.1, 0.15) is 18.4 Å². The highest BCUT2D eigenvalue weighted by molar-refractivity contribution is 7.92. The molecule has 1 amide bonds. The van der Waals surface area contributed by atoms with Crippen LogP contribution in [0.25, 0.3) is 0 Å². The van der Waals surface area contributed by atoms with Crippen LogP contribution in [-0.2, 0) is 31.0 Å². The molecule has 0 radical (unpaired) electrons. The van der Waals surface area contributed by atoms with Gasteiger partial charge in [0.1, 0.15) is 4.21 Å². The van der Waals surface area contributed by atoms with Crippen LogP contribution in [0.4, 0.5) is 24.5 Å². The number of halogens is 3. The van der Waals surface area contributed by atoms with E-state index in [2.05, 4.69) is 10.0 Å². The van der Waals surface area contributed by atoms with Crippen molar-refractivity contribution in [3.8, 4) is 0 Å². The van der Waals surface area contributed by atoms with Gasteiger partial charge in [0, 0.05) is 24.5 Å². The summed E-state index contributed by atoms with van der Waals surface area (Å²) in [6.45, 7) is 0.342. The summed E-state index contributed by atoms with van der Waals surface area (Å²) >= 11 is 1.11. The van der Waals surface area contributed by atoms with Crippen molar-refractivity contribution in [1.82, 2.24) is 4.31 Å². The number of rotatable bonds is 7. The molecule has 0 spiro atoms. The molecule has 0 aliphatic carbocycles. The maximum atomic E-state index is 12.9. The third-order valence-electron chi connectivity index (χ3n) is 5.72. The van der Waals surface area contributed by atoms with E-state index in [1.54, 1.807) is 11.4 Å². The summed E-state index contributed by atoms with van der Waals surface area (Å²) in [5.41, 5.74) is -0.942. The van der Waals surface area contributed by atoms with Crippen molar-refractivity contribution in [3.63, 3.8) is 0 Å². The molecular weight excluding hydrogens is 551 g/mol. The predicted molar refractivity (Wildman–Crippen MR) is 133 cm³/mol. The van der Waals surface area contributed by atoms with E-state index in [4.69, 9.17) is 0 Å². The number of anilines is 2. The van der Waals surface area contributed by atoms with E-state index in [9.17, 15) is 34.8 Å². The Morgan fingerprint density at radius 2 is 1.70 bits per heavy atom. The van der Waals surface area contributed by atoms with Crippen LogP contribution < -0.4 is 10.0 Å². The number of thiophene rings is 1. The molecule has 4 rings (SSSR count). The van der Waals surface area contributed by atoms with Gasteiger partial charge in [-0.05, 0) is 66.8 Å². The Morgan fingerprint density at radius 3 is 2.35 bits per heavy atom. The molecule has 3 aromatic rings. The molecule has 1 atom stereocenters. The Kier molecular flexibility index (Phi) is 7.65. The van der Waals surface area contributed by atoms with Crippen molar-refractivity contribution in [2.45, 2.75) is 28.1 Å². The van der Waals surface area contributed by atoms with Gasteiger partial charge in [0.05, 0.1) is 16.4 Å². The molecule has 14 heteroatoms. The Hall–Kier alpha value is -2.94. The molecule has 1 aliphatic rings. The van der Waals surface area contributed by atoms with Crippen molar-refractivity contribution >= 4 is 48.7 Å². The maximum Gasteiger partial charge on any atom is 0.416 e. The zero-order valence-corrected chi connectivity index (χ0v) is 21.6. The average molecular weight is 574 g/mol. The number of nitrogens with one attached hydrogen (secondary N) is 2. The number of nitrogens with zero attached hydrogens (tertiary/aromatic N) is 1. The van der Waals surface area contributed by atoms with Gasteiger partial charge in [0.15, 0.2) is 0 Å². The van der Waals surface area contributed by atoms with E-state index >= 15 is 0 Å². The summed E-state index contributed by atoms with van der Waals surface area (Å²) in [5.74, 6) is -0.988. The molecule has 0 saturated carbocycles. The number of carbonyl (C=O) groups is 1. The second-order valence-electron chi connectivity index (χ2n) is 8.33. The van der Waals surface area contributed by atoms with Gasteiger partial charge < -0.3 is 5.32 Å². The quantitative estimate of drug-likeness (QED) is 0.429. The maximum absolute atomic E-state index is 12.9. The first kappa shape index (κ1) is 27.1. The lowest BCUT2D eigenvalue weighted by Gasteiger charge is -2.30. The average Bonchev–Trinajstić information content (AvgIpc) is 3.40. The molecule has 1 fully saturated rings. The number of carbonyl (C=O) groups excluding carboxylic acids is 1. The van der Waals surface area contributed by atoms with Gasteiger partial charge in [-0.25, -0.2) is 16.8 Å². The SMILES string of the molecule is O=C(Nc1ccc(S(=O)(=O)Nc2cccc(C(F)(F)F)c2)cc1)[C@H]1CCCN(S(=O)(=O)c2cccs2)C1. The second kappa shape index (κ2) is 10.4. The number of benzene rings is 2. The summed E-state index contributed by atoms with van der Waals surface area (Å²) < 4.78 is 93.2. The third-order valence-corrected chi connectivity index (χ3v) is 10.4. The Morgan fingerprint density at radius 1 is 0.973 bits per heavy atom. The lowest BCUT2D eigenvalue weighted by atomic mass is 9.99. The molecular formula is C23H22F3N3O5S3. The lowest BCUT2D eigenvalue weighted by Crippen LogP contribution is -2.43. The van der Waals surface area contributed by atoms with Crippen LogP contribution >= 0.6 is 11.3 Å². The van der Waals surface area contributed by atoms with Gasteiger partial charge in [-0.15, -0.1) is 11.3 Å². The molecule has 1 aromatic heterocycles. The Bertz CT molecular complexity index is 1470. The number of piperidine rings is 1.